The van der Waals surface area contributed by atoms with E-state index in [0.717, 1.165) is 37.6 Å². The number of pyridine rings is 1. The summed E-state index contributed by atoms with van der Waals surface area (Å²) >= 11 is 0. The molecule has 1 aromatic heterocycles. The molecule has 0 unspecified atom stereocenters. The molecule has 0 aromatic carbocycles. The molecule has 0 spiro atoms. The van der Waals surface area contributed by atoms with Gasteiger partial charge in [-0.25, -0.2) is 26.1 Å². The van der Waals surface area contributed by atoms with Gasteiger partial charge in [0.15, 0.2) is 0 Å². The zero-order chi connectivity index (χ0) is 15.0. The number of hydrazone groups is 2. The standard InChI is InChI=1S/C15H23N7.3ClH.V/c1-2-9-21(8-1)19-16-12-14-6-5-7-15(18-14)13-17-20-22-10-3-4-11-22;;;;/h5-7,12-13,19-20H,1-4,8-11H2;3*1H;/q;;;;+3/p-3. The van der Waals surface area contributed by atoms with E-state index in [1.54, 1.807) is 12.4 Å². The van der Waals surface area contributed by atoms with Crippen LogP contribution < -0.4 is 48.3 Å². The zero-order valence-corrected chi connectivity index (χ0v) is 18.0. The molecule has 0 aliphatic carbocycles. The second-order valence-corrected chi connectivity index (χ2v) is 5.59. The summed E-state index contributed by atoms with van der Waals surface area (Å²) in [6.45, 7) is 4.22. The second-order valence-electron chi connectivity index (χ2n) is 5.59. The zero-order valence-electron chi connectivity index (χ0n) is 14.4. The molecule has 3 rings (SSSR count). The van der Waals surface area contributed by atoms with E-state index in [2.05, 4.69) is 36.3 Å². The van der Waals surface area contributed by atoms with Crippen molar-refractivity contribution in [2.75, 3.05) is 26.2 Å². The van der Waals surface area contributed by atoms with E-state index in [1.165, 1.54) is 25.7 Å². The minimum atomic E-state index is 0. The Kier molecular flexibility index (Phi) is 16.5. The number of rotatable bonds is 6. The first-order valence-electron chi connectivity index (χ1n) is 7.94. The predicted molar refractivity (Wildman–Crippen MR) is 87.3 cm³/mol. The molecule has 11 heteroatoms. The molecular weight excluding hydrogens is 436 g/mol. The molecule has 2 saturated heterocycles. The number of hydrazine groups is 2. The summed E-state index contributed by atoms with van der Waals surface area (Å²) in [5.74, 6) is 0. The van der Waals surface area contributed by atoms with Gasteiger partial charge in [-0.1, -0.05) is 6.07 Å². The fourth-order valence-corrected chi connectivity index (χ4v) is 2.60. The van der Waals surface area contributed by atoms with Crippen LogP contribution in [-0.2, 0) is 18.6 Å². The minimum Gasteiger partial charge on any atom is -1.00 e. The number of halogens is 3. The first-order valence-corrected chi connectivity index (χ1v) is 7.94. The Bertz CT molecular complexity index is 492. The summed E-state index contributed by atoms with van der Waals surface area (Å²) in [6, 6.07) is 5.82. The SMILES string of the molecule is C(=NNN1CCCC1)c1cccc(C=NNN2CCCC2)n1.[Cl-].[Cl-].[Cl-].[V+3]. The molecule has 0 bridgehead atoms. The predicted octanol–water partition coefficient (Wildman–Crippen LogP) is -8.04. The Balaban J connectivity index is 0. The van der Waals surface area contributed by atoms with Gasteiger partial charge in [-0.3, -0.25) is 0 Å². The van der Waals surface area contributed by atoms with Crippen molar-refractivity contribution in [1.82, 2.24) is 26.1 Å². The van der Waals surface area contributed by atoms with Gasteiger partial charge >= 0.3 is 18.6 Å². The maximum atomic E-state index is 4.49. The van der Waals surface area contributed by atoms with E-state index in [0.29, 0.717) is 0 Å². The minimum absolute atomic E-state index is 0. The first-order chi connectivity index (χ1) is 10.9. The summed E-state index contributed by atoms with van der Waals surface area (Å²) < 4.78 is 0. The fourth-order valence-electron chi connectivity index (χ4n) is 2.60. The largest absolute Gasteiger partial charge is 3.00 e. The van der Waals surface area contributed by atoms with Crippen LogP contribution in [0.25, 0.3) is 0 Å². The number of nitrogens with zero attached hydrogens (tertiary/aromatic N) is 5. The molecule has 2 fully saturated rings. The number of hydrogen-bond donors (Lipinski definition) is 2. The van der Waals surface area contributed by atoms with E-state index < -0.39 is 0 Å². The van der Waals surface area contributed by atoms with Gasteiger partial charge in [-0.15, -0.1) is 0 Å². The van der Waals surface area contributed by atoms with E-state index in [4.69, 9.17) is 0 Å². The maximum Gasteiger partial charge on any atom is 3.00 e. The van der Waals surface area contributed by atoms with Gasteiger partial charge < -0.3 is 37.2 Å². The van der Waals surface area contributed by atoms with Crippen LogP contribution in [-0.4, -0.2) is 53.6 Å². The van der Waals surface area contributed by atoms with Crippen molar-refractivity contribution >= 4 is 12.4 Å². The Hall–Kier alpha value is -0.536. The van der Waals surface area contributed by atoms with Crippen LogP contribution in [0.5, 0.6) is 0 Å². The van der Waals surface area contributed by atoms with Gasteiger partial charge in [0.25, 0.3) is 0 Å². The fraction of sp³-hybridized carbons (Fsp3) is 0.533. The molecule has 3 heterocycles. The van der Waals surface area contributed by atoms with Crippen LogP contribution in [0.2, 0.25) is 0 Å². The quantitative estimate of drug-likeness (QED) is 0.328. The first kappa shape index (κ1) is 27.7. The van der Waals surface area contributed by atoms with Gasteiger partial charge in [0.05, 0.1) is 23.8 Å². The Labute approximate surface area is 185 Å². The van der Waals surface area contributed by atoms with E-state index in [9.17, 15) is 0 Å². The van der Waals surface area contributed by atoms with Crippen molar-refractivity contribution in [2.24, 2.45) is 10.2 Å². The van der Waals surface area contributed by atoms with Gasteiger partial charge in [-0.2, -0.15) is 10.2 Å². The Morgan fingerprint density at radius 1 is 0.769 bits per heavy atom. The molecule has 0 radical (unpaired) electrons. The monoisotopic (exact) mass is 457 g/mol. The van der Waals surface area contributed by atoms with Crippen molar-refractivity contribution in [2.45, 2.75) is 25.7 Å². The van der Waals surface area contributed by atoms with Crippen molar-refractivity contribution in [3.8, 4) is 0 Å². The van der Waals surface area contributed by atoms with Gasteiger partial charge in [0.2, 0.25) is 0 Å². The molecule has 0 amide bonds. The van der Waals surface area contributed by atoms with Crippen LogP contribution in [0.15, 0.2) is 28.4 Å². The molecule has 144 valence electrons. The van der Waals surface area contributed by atoms with Gasteiger partial charge in [-0.05, 0) is 37.8 Å². The average molecular weight is 459 g/mol. The van der Waals surface area contributed by atoms with Crippen LogP contribution in [0, 0.1) is 0 Å². The van der Waals surface area contributed by atoms with Gasteiger partial charge in [0, 0.05) is 26.2 Å². The molecule has 2 N–H and O–H groups in total. The van der Waals surface area contributed by atoms with Crippen LogP contribution in [0.1, 0.15) is 37.1 Å². The summed E-state index contributed by atoms with van der Waals surface area (Å²) in [7, 11) is 0. The summed E-state index contributed by atoms with van der Waals surface area (Å²) in [5.41, 5.74) is 7.71. The van der Waals surface area contributed by atoms with Crippen molar-refractivity contribution in [3.63, 3.8) is 0 Å². The van der Waals surface area contributed by atoms with Crippen molar-refractivity contribution < 1.29 is 55.8 Å². The third-order valence-electron chi connectivity index (χ3n) is 3.80. The third kappa shape index (κ3) is 9.41. The summed E-state index contributed by atoms with van der Waals surface area (Å²) in [5, 5.41) is 12.7. The molecule has 1 aromatic rings. The number of nitrogens with one attached hydrogen (secondary N) is 2. The van der Waals surface area contributed by atoms with E-state index >= 15 is 0 Å². The average Bonchev–Trinajstić information content (AvgIpc) is 3.21. The summed E-state index contributed by atoms with van der Waals surface area (Å²) in [6.07, 6.45) is 8.41. The third-order valence-corrected chi connectivity index (χ3v) is 3.80. The number of hydrogen-bond acceptors (Lipinski definition) is 7. The van der Waals surface area contributed by atoms with Crippen LogP contribution in [0.3, 0.4) is 0 Å². The molecular formula is C15H23Cl3N7V. The second kappa shape index (κ2) is 15.5. The molecule has 0 atom stereocenters. The van der Waals surface area contributed by atoms with Crippen molar-refractivity contribution in [1.29, 1.82) is 0 Å². The smallest absolute Gasteiger partial charge is 1.00 e. The number of aromatic nitrogens is 1. The topological polar surface area (TPSA) is 68.2 Å². The summed E-state index contributed by atoms with van der Waals surface area (Å²) in [4.78, 5) is 4.49. The Morgan fingerprint density at radius 2 is 1.15 bits per heavy atom. The molecule has 7 nitrogen and oxygen atoms in total. The maximum absolute atomic E-state index is 4.49. The van der Waals surface area contributed by atoms with Crippen molar-refractivity contribution in [3.05, 3.63) is 29.6 Å². The molecule has 26 heavy (non-hydrogen) atoms. The van der Waals surface area contributed by atoms with Crippen LogP contribution >= 0.6 is 0 Å². The van der Waals surface area contributed by atoms with E-state index in [1.807, 2.05) is 18.2 Å². The van der Waals surface area contributed by atoms with E-state index in [-0.39, 0.29) is 55.8 Å². The Morgan fingerprint density at radius 3 is 1.54 bits per heavy atom. The normalized spacial score (nSPS) is 17.2. The van der Waals surface area contributed by atoms with Gasteiger partial charge in [0.1, 0.15) is 0 Å². The molecule has 2 aliphatic rings. The van der Waals surface area contributed by atoms with Crippen LogP contribution in [0.4, 0.5) is 0 Å². The molecule has 0 saturated carbocycles. The molecule has 2 aliphatic heterocycles.